The van der Waals surface area contributed by atoms with Crippen LogP contribution in [0.2, 0.25) is 0 Å². The van der Waals surface area contributed by atoms with Gasteiger partial charge in [0.2, 0.25) is 0 Å². The number of halogens is 1. The number of hydrogen-bond donors (Lipinski definition) is 1. The number of Topliss-reactive ketones (excluding diaryl/α,β-unsaturated/α-hetero) is 1. The van der Waals surface area contributed by atoms with E-state index in [1.54, 1.807) is 42.7 Å². The van der Waals surface area contributed by atoms with Crippen molar-refractivity contribution >= 4 is 17.4 Å². The van der Waals surface area contributed by atoms with Gasteiger partial charge >= 0.3 is 0 Å². The minimum atomic E-state index is -0.853. The lowest BCUT2D eigenvalue weighted by molar-refractivity contribution is -0.140. The highest BCUT2D eigenvalue weighted by molar-refractivity contribution is 6.46. The van der Waals surface area contributed by atoms with Crippen molar-refractivity contribution in [3.05, 3.63) is 137 Å². The summed E-state index contributed by atoms with van der Waals surface area (Å²) in [5.74, 6) is -1.75. The van der Waals surface area contributed by atoms with Gasteiger partial charge in [-0.15, -0.1) is 0 Å². The molecule has 1 aliphatic rings. The molecular weight excluding hydrogens is 471 g/mol. The monoisotopic (exact) mass is 494 g/mol. The van der Waals surface area contributed by atoms with Crippen molar-refractivity contribution in [3.8, 4) is 5.75 Å². The maximum absolute atomic E-state index is 13.5. The average molecular weight is 495 g/mol. The third-order valence-electron chi connectivity index (χ3n) is 6.18. The molecule has 184 valence electrons. The number of likely N-dealkylation sites (tertiary alicyclic amines) is 1. The van der Waals surface area contributed by atoms with Crippen molar-refractivity contribution < 1.29 is 23.8 Å². The SMILES string of the molecule is O=C1C(=O)N(Cc2cccnc2)[C@@H](c2ccc(OCc3ccccc3)cc2)C1=C(O)c1ccc(F)cc1. The lowest BCUT2D eigenvalue weighted by Gasteiger charge is -2.25. The first-order valence-electron chi connectivity index (χ1n) is 11.7. The molecule has 6 nitrogen and oxygen atoms in total. The molecule has 0 unspecified atom stereocenters. The molecule has 1 N–H and O–H groups in total. The Morgan fingerprint density at radius 1 is 0.892 bits per heavy atom. The van der Waals surface area contributed by atoms with Crippen molar-refractivity contribution in [3.63, 3.8) is 0 Å². The van der Waals surface area contributed by atoms with E-state index in [1.807, 2.05) is 36.4 Å². The quantitative estimate of drug-likeness (QED) is 0.211. The van der Waals surface area contributed by atoms with Crippen LogP contribution in [0.4, 0.5) is 4.39 Å². The number of hydrogen-bond acceptors (Lipinski definition) is 5. The van der Waals surface area contributed by atoms with Crippen LogP contribution in [0.1, 0.15) is 28.3 Å². The lowest BCUT2D eigenvalue weighted by atomic mass is 9.95. The number of nitrogens with zero attached hydrogens (tertiary/aromatic N) is 2. The minimum absolute atomic E-state index is 0.0570. The topological polar surface area (TPSA) is 79.7 Å². The van der Waals surface area contributed by atoms with Gasteiger partial charge in [0.05, 0.1) is 11.6 Å². The molecule has 37 heavy (non-hydrogen) atoms. The standard InChI is InChI=1S/C30H23FN2O4/c31-24-12-8-23(9-13-24)28(34)26-27(33(30(36)29(26)35)18-21-7-4-16-32-17-21)22-10-14-25(15-11-22)37-19-20-5-2-1-3-6-20/h1-17,27,34H,18-19H2/t27-/m0/s1. The van der Waals surface area contributed by atoms with E-state index >= 15 is 0 Å². The summed E-state index contributed by atoms with van der Waals surface area (Å²) in [6.07, 6.45) is 3.24. The molecule has 0 radical (unpaired) electrons. The molecule has 1 atom stereocenters. The number of aliphatic hydroxyl groups is 1. The zero-order valence-corrected chi connectivity index (χ0v) is 19.8. The van der Waals surface area contributed by atoms with Gasteiger partial charge in [0, 0.05) is 24.5 Å². The fourth-order valence-corrected chi connectivity index (χ4v) is 4.33. The molecule has 1 saturated heterocycles. The van der Waals surface area contributed by atoms with Crippen LogP contribution in [-0.4, -0.2) is 26.7 Å². The first-order valence-corrected chi connectivity index (χ1v) is 11.7. The zero-order valence-electron chi connectivity index (χ0n) is 19.8. The third kappa shape index (κ3) is 5.11. The van der Waals surface area contributed by atoms with Gasteiger partial charge in [0.25, 0.3) is 11.7 Å². The molecule has 0 saturated carbocycles. The molecular formula is C30H23FN2O4. The molecule has 5 rings (SSSR count). The number of carbonyl (C=O) groups excluding carboxylic acids is 2. The molecule has 1 aromatic heterocycles. The second kappa shape index (κ2) is 10.5. The van der Waals surface area contributed by atoms with Crippen LogP contribution in [0.25, 0.3) is 5.76 Å². The first kappa shape index (κ1) is 23.9. The second-order valence-corrected chi connectivity index (χ2v) is 8.64. The van der Waals surface area contributed by atoms with Gasteiger partial charge in [-0.2, -0.15) is 0 Å². The Hall–Kier alpha value is -4.78. The number of ketones is 1. The van der Waals surface area contributed by atoms with Gasteiger partial charge in [0.15, 0.2) is 0 Å². The molecule has 1 aliphatic heterocycles. The van der Waals surface area contributed by atoms with Crippen LogP contribution < -0.4 is 4.74 Å². The fraction of sp³-hybridized carbons (Fsp3) is 0.100. The molecule has 1 fully saturated rings. The summed E-state index contributed by atoms with van der Waals surface area (Å²) in [7, 11) is 0. The molecule has 2 heterocycles. The summed E-state index contributed by atoms with van der Waals surface area (Å²) < 4.78 is 19.4. The van der Waals surface area contributed by atoms with Crippen LogP contribution in [0.3, 0.4) is 0 Å². The predicted octanol–water partition coefficient (Wildman–Crippen LogP) is 5.42. The lowest BCUT2D eigenvalue weighted by Crippen LogP contribution is -2.29. The summed E-state index contributed by atoms with van der Waals surface area (Å²) in [6, 6.07) is 24.6. The largest absolute Gasteiger partial charge is 0.507 e. The third-order valence-corrected chi connectivity index (χ3v) is 6.18. The van der Waals surface area contributed by atoms with Crippen molar-refractivity contribution in [1.29, 1.82) is 0 Å². The van der Waals surface area contributed by atoms with E-state index in [1.165, 1.54) is 29.2 Å². The Morgan fingerprint density at radius 2 is 1.59 bits per heavy atom. The van der Waals surface area contributed by atoms with Crippen LogP contribution in [0, 0.1) is 5.82 Å². The Kier molecular flexibility index (Phi) is 6.76. The highest BCUT2D eigenvalue weighted by Gasteiger charge is 2.46. The smallest absolute Gasteiger partial charge is 0.295 e. The minimum Gasteiger partial charge on any atom is -0.507 e. The van der Waals surface area contributed by atoms with Crippen molar-refractivity contribution in [2.24, 2.45) is 0 Å². The van der Waals surface area contributed by atoms with Crippen LogP contribution in [0.5, 0.6) is 5.75 Å². The van der Waals surface area contributed by atoms with Gasteiger partial charge in [-0.25, -0.2) is 4.39 Å². The highest BCUT2D eigenvalue weighted by atomic mass is 19.1. The highest BCUT2D eigenvalue weighted by Crippen LogP contribution is 2.40. The number of carbonyl (C=O) groups is 2. The van der Waals surface area contributed by atoms with E-state index in [2.05, 4.69) is 4.98 Å². The van der Waals surface area contributed by atoms with Crippen molar-refractivity contribution in [2.75, 3.05) is 0 Å². The summed E-state index contributed by atoms with van der Waals surface area (Å²) in [6.45, 7) is 0.514. The Morgan fingerprint density at radius 3 is 2.27 bits per heavy atom. The molecule has 3 aromatic carbocycles. The number of amides is 1. The summed E-state index contributed by atoms with van der Waals surface area (Å²) in [5, 5.41) is 11.1. The number of pyridine rings is 1. The Balaban J connectivity index is 1.51. The first-order chi connectivity index (χ1) is 18.0. The van der Waals surface area contributed by atoms with Gasteiger partial charge in [0.1, 0.15) is 23.9 Å². The molecule has 0 aliphatic carbocycles. The molecule has 0 spiro atoms. The number of ether oxygens (including phenoxy) is 1. The number of benzene rings is 3. The second-order valence-electron chi connectivity index (χ2n) is 8.64. The molecule has 1 amide bonds. The normalized spacial score (nSPS) is 16.7. The fourth-order valence-electron chi connectivity index (χ4n) is 4.33. The van der Waals surface area contributed by atoms with Crippen LogP contribution in [-0.2, 0) is 22.7 Å². The molecule has 4 aromatic rings. The van der Waals surface area contributed by atoms with E-state index in [0.717, 1.165) is 11.1 Å². The molecule has 7 heteroatoms. The zero-order chi connectivity index (χ0) is 25.8. The van der Waals surface area contributed by atoms with E-state index in [4.69, 9.17) is 4.74 Å². The number of aliphatic hydroxyl groups excluding tert-OH is 1. The maximum atomic E-state index is 13.5. The maximum Gasteiger partial charge on any atom is 0.295 e. The van der Waals surface area contributed by atoms with Crippen molar-refractivity contribution in [2.45, 2.75) is 19.2 Å². The number of aromatic nitrogens is 1. The van der Waals surface area contributed by atoms with E-state index in [9.17, 15) is 19.1 Å². The molecule has 0 bridgehead atoms. The van der Waals surface area contributed by atoms with Crippen LogP contribution in [0.15, 0.2) is 109 Å². The summed E-state index contributed by atoms with van der Waals surface area (Å²) >= 11 is 0. The predicted molar refractivity (Wildman–Crippen MR) is 136 cm³/mol. The van der Waals surface area contributed by atoms with Gasteiger partial charge in [-0.1, -0.05) is 48.5 Å². The van der Waals surface area contributed by atoms with Crippen molar-refractivity contribution in [1.82, 2.24) is 9.88 Å². The number of rotatable bonds is 7. The summed E-state index contributed by atoms with van der Waals surface area (Å²) in [4.78, 5) is 31.8. The van der Waals surface area contributed by atoms with E-state index < -0.39 is 23.5 Å². The Bertz CT molecular complexity index is 1440. The van der Waals surface area contributed by atoms with Gasteiger partial charge < -0.3 is 14.7 Å². The van der Waals surface area contributed by atoms with Crippen LogP contribution >= 0.6 is 0 Å². The van der Waals surface area contributed by atoms with Gasteiger partial charge in [-0.05, 0) is 59.2 Å². The summed E-state index contributed by atoms with van der Waals surface area (Å²) in [5.41, 5.74) is 2.57. The average Bonchev–Trinajstić information content (AvgIpc) is 3.18. The van der Waals surface area contributed by atoms with E-state index in [-0.39, 0.29) is 23.4 Å². The Labute approximate surface area is 213 Å². The van der Waals surface area contributed by atoms with Gasteiger partial charge in [-0.3, -0.25) is 14.6 Å². The van der Waals surface area contributed by atoms with E-state index in [0.29, 0.717) is 17.9 Å².